The van der Waals surface area contributed by atoms with Gasteiger partial charge in [-0.15, -0.1) is 0 Å². The number of alkyl halides is 2. The van der Waals surface area contributed by atoms with Crippen LogP contribution in [-0.2, 0) is 17.9 Å². The quantitative estimate of drug-likeness (QED) is 0.342. The molecule has 1 amide bonds. The SMILES string of the molecule is O=C(Cn1nc(C(F)F)c(Br)c1C1CC1)Nc1nn(Cc2ccc(Cl)c(Cl)c2)cc1Br. The van der Waals surface area contributed by atoms with Crippen LogP contribution >= 0.6 is 55.1 Å². The van der Waals surface area contributed by atoms with Crippen LogP contribution in [0.2, 0.25) is 10.0 Å². The van der Waals surface area contributed by atoms with Crippen molar-refractivity contribution < 1.29 is 13.6 Å². The summed E-state index contributed by atoms with van der Waals surface area (Å²) in [5, 5.41) is 11.9. The van der Waals surface area contributed by atoms with Crippen LogP contribution < -0.4 is 5.32 Å². The smallest absolute Gasteiger partial charge is 0.283 e. The lowest BCUT2D eigenvalue weighted by Crippen LogP contribution is -2.21. The van der Waals surface area contributed by atoms with E-state index >= 15 is 0 Å². The summed E-state index contributed by atoms with van der Waals surface area (Å²) in [6, 6.07) is 5.28. The van der Waals surface area contributed by atoms with Crippen LogP contribution in [0.3, 0.4) is 0 Å². The van der Waals surface area contributed by atoms with Gasteiger partial charge in [0.2, 0.25) is 5.91 Å². The molecule has 0 unspecified atom stereocenters. The third kappa shape index (κ3) is 5.13. The fourth-order valence-electron chi connectivity index (χ4n) is 3.17. The minimum Gasteiger partial charge on any atom is -0.307 e. The number of hydrogen-bond acceptors (Lipinski definition) is 3. The number of rotatable bonds is 7. The molecule has 0 radical (unpaired) electrons. The monoisotopic (exact) mass is 595 g/mol. The molecule has 6 nitrogen and oxygen atoms in total. The molecule has 0 bridgehead atoms. The number of anilines is 1. The van der Waals surface area contributed by atoms with Gasteiger partial charge in [0, 0.05) is 12.1 Å². The highest BCUT2D eigenvalue weighted by molar-refractivity contribution is 9.11. The zero-order valence-corrected chi connectivity index (χ0v) is 20.4. The maximum atomic E-state index is 13.2. The van der Waals surface area contributed by atoms with Crippen molar-refractivity contribution in [3.63, 3.8) is 0 Å². The third-order valence-corrected chi connectivity index (χ3v) is 6.86. The van der Waals surface area contributed by atoms with E-state index in [9.17, 15) is 13.6 Å². The van der Waals surface area contributed by atoms with Gasteiger partial charge >= 0.3 is 0 Å². The van der Waals surface area contributed by atoms with E-state index < -0.39 is 12.3 Å². The maximum absolute atomic E-state index is 13.2. The number of aromatic nitrogens is 4. The molecule has 1 aromatic carbocycles. The highest BCUT2D eigenvalue weighted by atomic mass is 79.9. The van der Waals surface area contributed by atoms with Gasteiger partial charge in [0.15, 0.2) is 5.82 Å². The van der Waals surface area contributed by atoms with Crippen LogP contribution in [0, 0.1) is 0 Å². The largest absolute Gasteiger partial charge is 0.307 e. The molecule has 0 spiro atoms. The number of halogens is 6. The Morgan fingerprint density at radius 2 is 1.97 bits per heavy atom. The Balaban J connectivity index is 1.47. The highest BCUT2D eigenvalue weighted by Crippen LogP contribution is 2.45. The van der Waals surface area contributed by atoms with Gasteiger partial charge in [0.05, 0.1) is 31.2 Å². The zero-order chi connectivity index (χ0) is 22.3. The molecule has 12 heteroatoms. The molecule has 0 atom stereocenters. The summed E-state index contributed by atoms with van der Waals surface area (Å²) in [5.41, 5.74) is 1.17. The molecule has 4 rings (SSSR count). The summed E-state index contributed by atoms with van der Waals surface area (Å²) in [6.07, 6.45) is 0.772. The average Bonchev–Trinajstić information content (AvgIpc) is 3.39. The Morgan fingerprint density at radius 3 is 2.61 bits per heavy atom. The molecule has 31 heavy (non-hydrogen) atoms. The standard InChI is InChI=1S/C19H15Br2Cl2F2N5O/c20-11-7-29(6-9-1-4-12(22)13(23)5-9)28-19(11)26-14(31)8-30-17(10-2-3-10)15(21)16(27-30)18(24)25/h1,4-5,7,10,18H,2-3,6,8H2,(H,26,28,31). The van der Waals surface area contributed by atoms with Crippen molar-refractivity contribution in [2.24, 2.45) is 0 Å². The van der Waals surface area contributed by atoms with Crippen molar-refractivity contribution >= 4 is 66.8 Å². The molecule has 1 aliphatic carbocycles. The zero-order valence-electron chi connectivity index (χ0n) is 15.8. The molecule has 0 saturated heterocycles. The second-order valence-electron chi connectivity index (χ2n) is 7.14. The van der Waals surface area contributed by atoms with E-state index in [0.717, 1.165) is 18.4 Å². The van der Waals surface area contributed by atoms with Gasteiger partial charge in [-0.25, -0.2) is 8.78 Å². The van der Waals surface area contributed by atoms with Gasteiger partial charge in [-0.1, -0.05) is 29.3 Å². The first kappa shape index (κ1) is 22.7. The van der Waals surface area contributed by atoms with Crippen molar-refractivity contribution in [2.45, 2.75) is 38.3 Å². The van der Waals surface area contributed by atoms with Crippen LogP contribution in [-0.4, -0.2) is 25.5 Å². The summed E-state index contributed by atoms with van der Waals surface area (Å²) < 4.78 is 30.3. The van der Waals surface area contributed by atoms with Gasteiger partial charge in [-0.3, -0.25) is 14.2 Å². The number of carbonyl (C=O) groups excluding carboxylic acids is 1. The molecule has 1 fully saturated rings. The lowest BCUT2D eigenvalue weighted by molar-refractivity contribution is -0.117. The topological polar surface area (TPSA) is 64.7 Å². The Hall–Kier alpha value is -1.49. The van der Waals surface area contributed by atoms with Crippen LogP contribution in [0.4, 0.5) is 14.6 Å². The van der Waals surface area contributed by atoms with Gasteiger partial charge in [-0.05, 0) is 62.4 Å². The number of nitrogens with one attached hydrogen (secondary N) is 1. The summed E-state index contributed by atoms with van der Waals surface area (Å²) in [4.78, 5) is 12.6. The first-order valence-corrected chi connectivity index (χ1v) is 11.6. The predicted octanol–water partition coefficient (Wildman–Crippen LogP) is 6.41. The van der Waals surface area contributed by atoms with Gasteiger partial charge < -0.3 is 5.32 Å². The number of carbonyl (C=O) groups is 1. The molecular formula is C19H15Br2Cl2F2N5O. The fourth-order valence-corrected chi connectivity index (χ4v) is 4.69. The van der Waals surface area contributed by atoms with Crippen LogP contribution in [0.1, 0.15) is 42.1 Å². The summed E-state index contributed by atoms with van der Waals surface area (Å²) in [7, 11) is 0. The fraction of sp³-hybridized carbons (Fsp3) is 0.316. The van der Waals surface area contributed by atoms with E-state index in [2.05, 4.69) is 47.4 Å². The summed E-state index contributed by atoms with van der Waals surface area (Å²) in [6.45, 7) is 0.226. The third-order valence-electron chi connectivity index (χ3n) is 4.72. The van der Waals surface area contributed by atoms with Crippen molar-refractivity contribution in [3.8, 4) is 0 Å². The number of amides is 1. The van der Waals surface area contributed by atoms with E-state index in [4.69, 9.17) is 23.2 Å². The van der Waals surface area contributed by atoms with E-state index in [-0.39, 0.29) is 22.6 Å². The summed E-state index contributed by atoms with van der Waals surface area (Å²) >= 11 is 18.6. The van der Waals surface area contributed by atoms with E-state index in [1.165, 1.54) is 4.68 Å². The molecule has 164 valence electrons. The molecule has 1 saturated carbocycles. The summed E-state index contributed by atoms with van der Waals surface area (Å²) in [5.74, 6) is 0.0378. The molecule has 1 aliphatic rings. The van der Waals surface area contributed by atoms with E-state index in [1.807, 2.05) is 6.07 Å². The van der Waals surface area contributed by atoms with Crippen molar-refractivity contribution in [1.82, 2.24) is 19.6 Å². The normalized spacial score (nSPS) is 13.8. The Labute approximate surface area is 203 Å². The molecule has 1 N–H and O–H groups in total. The first-order valence-electron chi connectivity index (χ1n) is 9.24. The number of hydrogen-bond donors (Lipinski definition) is 1. The number of nitrogens with zero attached hydrogens (tertiary/aromatic N) is 4. The minimum atomic E-state index is -2.72. The molecule has 2 heterocycles. The number of benzene rings is 1. The highest BCUT2D eigenvalue weighted by Gasteiger charge is 2.34. The second-order valence-corrected chi connectivity index (χ2v) is 9.60. The van der Waals surface area contributed by atoms with Crippen LogP contribution in [0.5, 0.6) is 0 Å². The van der Waals surface area contributed by atoms with E-state index in [1.54, 1.807) is 23.0 Å². The maximum Gasteiger partial charge on any atom is 0.283 e. The molecule has 0 aliphatic heterocycles. The molecule has 2 aromatic heterocycles. The molecule has 3 aromatic rings. The van der Waals surface area contributed by atoms with Crippen molar-refractivity contribution in [3.05, 3.63) is 60.3 Å². The van der Waals surface area contributed by atoms with Crippen LogP contribution in [0.15, 0.2) is 33.3 Å². The molecular weight excluding hydrogens is 583 g/mol. The Morgan fingerprint density at radius 1 is 1.23 bits per heavy atom. The average molecular weight is 598 g/mol. The Bertz CT molecular complexity index is 1150. The van der Waals surface area contributed by atoms with Gasteiger partial charge in [0.25, 0.3) is 6.43 Å². The predicted molar refractivity (Wildman–Crippen MR) is 121 cm³/mol. The van der Waals surface area contributed by atoms with Crippen LogP contribution in [0.25, 0.3) is 0 Å². The van der Waals surface area contributed by atoms with E-state index in [0.29, 0.717) is 32.6 Å². The van der Waals surface area contributed by atoms with Gasteiger partial charge in [0.1, 0.15) is 12.2 Å². The Kier molecular flexibility index (Phi) is 6.71. The minimum absolute atomic E-state index is 0.138. The lowest BCUT2D eigenvalue weighted by Gasteiger charge is -2.07. The van der Waals surface area contributed by atoms with Crippen molar-refractivity contribution in [2.75, 3.05) is 5.32 Å². The van der Waals surface area contributed by atoms with Gasteiger partial charge in [-0.2, -0.15) is 10.2 Å². The van der Waals surface area contributed by atoms with Crippen molar-refractivity contribution in [1.29, 1.82) is 0 Å². The lowest BCUT2D eigenvalue weighted by atomic mass is 10.2. The first-order chi connectivity index (χ1) is 14.7. The second kappa shape index (κ2) is 9.17.